The Hall–Kier alpha value is -1.70. The SMILES string of the molecule is Cc1ccc(C)c(NC(C)c2ccco2)c1. The maximum atomic E-state index is 5.38. The number of nitrogens with one attached hydrogen (secondary N) is 1. The normalized spacial score (nSPS) is 12.4. The molecule has 1 aromatic heterocycles. The minimum absolute atomic E-state index is 0.190. The van der Waals surface area contributed by atoms with Crippen LogP contribution in [0.2, 0.25) is 0 Å². The van der Waals surface area contributed by atoms with E-state index in [0.29, 0.717) is 0 Å². The highest BCUT2D eigenvalue weighted by Gasteiger charge is 2.08. The molecule has 0 spiro atoms. The molecular weight excluding hydrogens is 198 g/mol. The quantitative estimate of drug-likeness (QED) is 0.834. The lowest BCUT2D eigenvalue weighted by atomic mass is 10.1. The number of benzene rings is 1. The molecule has 1 aromatic carbocycles. The Morgan fingerprint density at radius 2 is 2.00 bits per heavy atom. The summed E-state index contributed by atoms with van der Waals surface area (Å²) in [5.74, 6) is 0.959. The molecule has 2 nitrogen and oxygen atoms in total. The predicted molar refractivity (Wildman–Crippen MR) is 66.7 cm³/mol. The molecule has 84 valence electrons. The average Bonchev–Trinajstić information content (AvgIpc) is 2.76. The van der Waals surface area contributed by atoms with E-state index in [1.165, 1.54) is 16.8 Å². The minimum Gasteiger partial charge on any atom is -0.467 e. The molecule has 2 heteroatoms. The molecule has 0 aliphatic heterocycles. The predicted octanol–water partition coefficient (Wildman–Crippen LogP) is 4.07. The van der Waals surface area contributed by atoms with Gasteiger partial charge in [-0.1, -0.05) is 12.1 Å². The highest BCUT2D eigenvalue weighted by molar-refractivity contribution is 5.53. The van der Waals surface area contributed by atoms with Gasteiger partial charge in [-0.25, -0.2) is 0 Å². The first-order valence-electron chi connectivity index (χ1n) is 5.54. The molecule has 1 N–H and O–H groups in total. The molecule has 0 amide bonds. The van der Waals surface area contributed by atoms with Gasteiger partial charge in [-0.3, -0.25) is 0 Å². The van der Waals surface area contributed by atoms with E-state index in [1.54, 1.807) is 6.26 Å². The summed E-state index contributed by atoms with van der Waals surface area (Å²) in [6.45, 7) is 6.30. The van der Waals surface area contributed by atoms with Crippen molar-refractivity contribution in [2.75, 3.05) is 5.32 Å². The van der Waals surface area contributed by atoms with Crippen LogP contribution in [-0.4, -0.2) is 0 Å². The van der Waals surface area contributed by atoms with Gasteiger partial charge >= 0.3 is 0 Å². The lowest BCUT2D eigenvalue weighted by Crippen LogP contribution is -2.06. The van der Waals surface area contributed by atoms with Crippen molar-refractivity contribution >= 4 is 5.69 Å². The van der Waals surface area contributed by atoms with E-state index < -0.39 is 0 Å². The van der Waals surface area contributed by atoms with Crippen molar-refractivity contribution in [2.24, 2.45) is 0 Å². The summed E-state index contributed by atoms with van der Waals surface area (Å²) >= 11 is 0. The fourth-order valence-corrected chi connectivity index (χ4v) is 1.73. The summed E-state index contributed by atoms with van der Waals surface area (Å²) in [7, 11) is 0. The van der Waals surface area contributed by atoms with E-state index >= 15 is 0 Å². The monoisotopic (exact) mass is 215 g/mol. The summed E-state index contributed by atoms with van der Waals surface area (Å²) in [6.07, 6.45) is 1.70. The Kier molecular flexibility index (Phi) is 3.00. The van der Waals surface area contributed by atoms with Gasteiger partial charge in [0, 0.05) is 5.69 Å². The first-order chi connectivity index (χ1) is 7.66. The van der Waals surface area contributed by atoms with Gasteiger partial charge in [-0.15, -0.1) is 0 Å². The first kappa shape index (κ1) is 10.8. The van der Waals surface area contributed by atoms with Gasteiger partial charge in [0.2, 0.25) is 0 Å². The maximum absolute atomic E-state index is 5.38. The third-order valence-electron chi connectivity index (χ3n) is 2.74. The molecule has 0 aliphatic rings. The smallest absolute Gasteiger partial charge is 0.125 e. The summed E-state index contributed by atoms with van der Waals surface area (Å²) in [6, 6.07) is 10.5. The van der Waals surface area contributed by atoms with E-state index in [-0.39, 0.29) is 6.04 Å². The van der Waals surface area contributed by atoms with E-state index in [1.807, 2.05) is 12.1 Å². The second-order valence-electron chi connectivity index (χ2n) is 4.20. The van der Waals surface area contributed by atoms with Crippen LogP contribution in [0.3, 0.4) is 0 Å². The Morgan fingerprint density at radius 3 is 2.69 bits per heavy atom. The topological polar surface area (TPSA) is 25.2 Å². The Morgan fingerprint density at radius 1 is 1.19 bits per heavy atom. The molecule has 0 fully saturated rings. The van der Waals surface area contributed by atoms with Crippen LogP contribution in [0.1, 0.15) is 29.9 Å². The Bertz CT molecular complexity index is 460. The number of anilines is 1. The summed E-state index contributed by atoms with van der Waals surface area (Å²) in [4.78, 5) is 0. The van der Waals surface area contributed by atoms with Gasteiger partial charge in [0.15, 0.2) is 0 Å². The Labute approximate surface area is 96.3 Å². The molecule has 0 saturated carbocycles. The maximum Gasteiger partial charge on any atom is 0.125 e. The van der Waals surface area contributed by atoms with E-state index in [0.717, 1.165) is 5.76 Å². The largest absolute Gasteiger partial charge is 0.467 e. The van der Waals surface area contributed by atoms with Crippen molar-refractivity contribution < 1.29 is 4.42 Å². The van der Waals surface area contributed by atoms with Crippen LogP contribution >= 0.6 is 0 Å². The van der Waals surface area contributed by atoms with Gasteiger partial charge in [0.1, 0.15) is 5.76 Å². The zero-order valence-electron chi connectivity index (χ0n) is 9.95. The zero-order valence-corrected chi connectivity index (χ0v) is 9.95. The molecule has 1 heterocycles. The number of hydrogen-bond donors (Lipinski definition) is 1. The summed E-state index contributed by atoms with van der Waals surface area (Å²) < 4.78 is 5.38. The number of aryl methyl sites for hydroxylation is 2. The molecule has 2 rings (SSSR count). The lowest BCUT2D eigenvalue weighted by Gasteiger charge is -2.15. The second kappa shape index (κ2) is 4.44. The standard InChI is InChI=1S/C14H17NO/c1-10-6-7-11(2)13(9-10)15-12(3)14-5-4-8-16-14/h4-9,12,15H,1-3H3. The highest BCUT2D eigenvalue weighted by Crippen LogP contribution is 2.23. The van der Waals surface area contributed by atoms with E-state index in [2.05, 4.69) is 44.3 Å². The zero-order chi connectivity index (χ0) is 11.5. The molecule has 16 heavy (non-hydrogen) atoms. The summed E-state index contributed by atoms with van der Waals surface area (Å²) in [5, 5.41) is 3.46. The van der Waals surface area contributed by atoms with Crippen molar-refractivity contribution in [3.63, 3.8) is 0 Å². The van der Waals surface area contributed by atoms with Crippen molar-refractivity contribution in [3.8, 4) is 0 Å². The molecule has 2 aromatic rings. The molecule has 0 radical (unpaired) electrons. The van der Waals surface area contributed by atoms with Gasteiger partial charge in [0.25, 0.3) is 0 Å². The number of furan rings is 1. The molecular formula is C14H17NO. The number of hydrogen-bond acceptors (Lipinski definition) is 2. The van der Waals surface area contributed by atoms with Gasteiger partial charge in [0.05, 0.1) is 12.3 Å². The van der Waals surface area contributed by atoms with Crippen LogP contribution in [0.4, 0.5) is 5.69 Å². The summed E-state index contributed by atoms with van der Waals surface area (Å²) in [5.41, 5.74) is 3.69. The average molecular weight is 215 g/mol. The molecule has 0 bridgehead atoms. The fraction of sp³-hybridized carbons (Fsp3) is 0.286. The lowest BCUT2D eigenvalue weighted by molar-refractivity contribution is 0.490. The van der Waals surface area contributed by atoms with Crippen LogP contribution in [0, 0.1) is 13.8 Å². The molecule has 0 saturated heterocycles. The third kappa shape index (κ3) is 2.27. The molecule has 1 atom stereocenters. The van der Waals surface area contributed by atoms with Crippen LogP contribution < -0.4 is 5.32 Å². The van der Waals surface area contributed by atoms with Crippen molar-refractivity contribution in [1.82, 2.24) is 0 Å². The van der Waals surface area contributed by atoms with Crippen molar-refractivity contribution in [1.29, 1.82) is 0 Å². The fourth-order valence-electron chi connectivity index (χ4n) is 1.73. The van der Waals surface area contributed by atoms with E-state index in [9.17, 15) is 0 Å². The molecule has 0 aliphatic carbocycles. The highest BCUT2D eigenvalue weighted by atomic mass is 16.3. The van der Waals surface area contributed by atoms with Crippen LogP contribution in [-0.2, 0) is 0 Å². The van der Waals surface area contributed by atoms with Gasteiger partial charge in [-0.2, -0.15) is 0 Å². The first-order valence-corrected chi connectivity index (χ1v) is 5.54. The third-order valence-corrected chi connectivity index (χ3v) is 2.74. The molecule has 1 unspecified atom stereocenters. The minimum atomic E-state index is 0.190. The van der Waals surface area contributed by atoms with Crippen LogP contribution in [0.15, 0.2) is 41.0 Å². The Balaban J connectivity index is 2.17. The van der Waals surface area contributed by atoms with Gasteiger partial charge < -0.3 is 9.73 Å². The number of rotatable bonds is 3. The van der Waals surface area contributed by atoms with E-state index in [4.69, 9.17) is 4.42 Å². The van der Waals surface area contributed by atoms with Gasteiger partial charge in [-0.05, 0) is 50.1 Å². The second-order valence-corrected chi connectivity index (χ2v) is 4.20. The van der Waals surface area contributed by atoms with Crippen molar-refractivity contribution in [2.45, 2.75) is 26.8 Å². The van der Waals surface area contributed by atoms with Crippen LogP contribution in [0.5, 0.6) is 0 Å². The van der Waals surface area contributed by atoms with Crippen molar-refractivity contribution in [3.05, 3.63) is 53.5 Å². The van der Waals surface area contributed by atoms with Crippen LogP contribution in [0.25, 0.3) is 0 Å².